The van der Waals surface area contributed by atoms with E-state index >= 15 is 0 Å². The molecule has 0 fully saturated rings. The van der Waals surface area contributed by atoms with Crippen molar-refractivity contribution in [3.8, 4) is 0 Å². The highest BCUT2D eigenvalue weighted by Gasteiger charge is 2.31. The van der Waals surface area contributed by atoms with Gasteiger partial charge in [0.2, 0.25) is 0 Å². The minimum atomic E-state index is -5.05. The molecule has 0 bridgehead atoms. The van der Waals surface area contributed by atoms with E-state index in [1.54, 1.807) is 6.08 Å². The second-order valence-electron chi connectivity index (χ2n) is 6.71. The Labute approximate surface area is 145 Å². The summed E-state index contributed by atoms with van der Waals surface area (Å²) in [4.78, 5) is 26.1. The van der Waals surface area contributed by atoms with Gasteiger partial charge in [0.05, 0.1) is 6.61 Å². The van der Waals surface area contributed by atoms with Crippen molar-refractivity contribution < 1.29 is 32.6 Å². The van der Waals surface area contributed by atoms with Crippen LogP contribution < -0.4 is 0 Å². The van der Waals surface area contributed by atoms with Gasteiger partial charge in [-0.05, 0) is 31.6 Å². The maximum Gasteiger partial charge on any atom is 0.481 e. The maximum atomic E-state index is 11.3. The summed E-state index contributed by atoms with van der Waals surface area (Å²) >= 11 is 0. The molecule has 0 aliphatic rings. The third-order valence-electron chi connectivity index (χ3n) is 3.63. The SMILES string of the molecule is C/C(=C/COP(=O)(O)OP(=O)(O)O)CCC[C@H](C)CCCC(C)C. The van der Waals surface area contributed by atoms with E-state index in [1.807, 2.05) is 6.92 Å². The van der Waals surface area contributed by atoms with Gasteiger partial charge in [0, 0.05) is 0 Å². The average Bonchev–Trinajstić information content (AvgIpc) is 2.34. The van der Waals surface area contributed by atoms with Gasteiger partial charge in [0.15, 0.2) is 0 Å². The molecule has 0 saturated heterocycles. The molecule has 0 heterocycles. The number of hydrogen-bond donors (Lipinski definition) is 3. The summed E-state index contributed by atoms with van der Waals surface area (Å²) in [6.45, 7) is 8.38. The molecule has 9 heteroatoms. The van der Waals surface area contributed by atoms with Crippen molar-refractivity contribution in [2.75, 3.05) is 6.61 Å². The summed E-state index contributed by atoms with van der Waals surface area (Å²) in [6, 6.07) is 0. The summed E-state index contributed by atoms with van der Waals surface area (Å²) in [5.74, 6) is 1.43. The molecule has 0 radical (unpaired) electrons. The van der Waals surface area contributed by atoms with Crippen LogP contribution in [-0.4, -0.2) is 21.3 Å². The molecule has 24 heavy (non-hydrogen) atoms. The number of allylic oxidation sites excluding steroid dienone is 1. The molecule has 0 aliphatic heterocycles. The normalized spacial score (nSPS) is 17.1. The summed E-state index contributed by atoms with van der Waals surface area (Å²) in [7, 11) is -9.79. The van der Waals surface area contributed by atoms with Gasteiger partial charge in [-0.3, -0.25) is 4.52 Å². The van der Waals surface area contributed by atoms with Crippen molar-refractivity contribution in [3.63, 3.8) is 0 Å². The highest BCUT2D eigenvalue weighted by molar-refractivity contribution is 7.60. The fraction of sp³-hybridized carbons (Fsp3) is 0.867. The molecule has 0 spiro atoms. The van der Waals surface area contributed by atoms with Crippen molar-refractivity contribution in [1.29, 1.82) is 0 Å². The van der Waals surface area contributed by atoms with E-state index in [0.29, 0.717) is 5.92 Å². The lowest BCUT2D eigenvalue weighted by Gasteiger charge is -2.13. The largest absolute Gasteiger partial charge is 0.481 e. The number of phosphoric acid groups is 2. The molecule has 0 saturated carbocycles. The quantitative estimate of drug-likeness (QED) is 0.308. The van der Waals surface area contributed by atoms with E-state index < -0.39 is 15.6 Å². The maximum absolute atomic E-state index is 11.3. The van der Waals surface area contributed by atoms with Crippen molar-refractivity contribution in [2.45, 2.75) is 66.2 Å². The fourth-order valence-corrected chi connectivity index (χ4v) is 3.81. The van der Waals surface area contributed by atoms with E-state index in [-0.39, 0.29) is 6.61 Å². The lowest BCUT2D eigenvalue weighted by molar-refractivity contribution is 0.191. The molecular weight excluding hydrogens is 354 g/mol. The number of hydrogen-bond acceptors (Lipinski definition) is 4. The fourth-order valence-electron chi connectivity index (χ4n) is 2.28. The summed E-state index contributed by atoms with van der Waals surface area (Å²) in [6.07, 6.45) is 8.38. The third kappa shape index (κ3) is 15.5. The van der Waals surface area contributed by atoms with Gasteiger partial charge in [-0.25, -0.2) is 9.13 Å². The van der Waals surface area contributed by atoms with Crippen molar-refractivity contribution in [3.05, 3.63) is 11.6 Å². The Bertz CT molecular complexity index is 470. The van der Waals surface area contributed by atoms with Gasteiger partial charge >= 0.3 is 15.6 Å². The predicted octanol–water partition coefficient (Wildman–Crippen LogP) is 4.79. The molecule has 0 aromatic rings. The van der Waals surface area contributed by atoms with Crippen LogP contribution in [0.3, 0.4) is 0 Å². The molecule has 7 nitrogen and oxygen atoms in total. The van der Waals surface area contributed by atoms with Crippen LogP contribution in [0.4, 0.5) is 0 Å². The van der Waals surface area contributed by atoms with Crippen LogP contribution in [0, 0.1) is 11.8 Å². The first-order chi connectivity index (χ1) is 10.9. The number of phosphoric ester groups is 1. The van der Waals surface area contributed by atoms with Crippen molar-refractivity contribution in [2.24, 2.45) is 11.8 Å². The average molecular weight is 386 g/mol. The zero-order valence-electron chi connectivity index (χ0n) is 15.1. The smallest absolute Gasteiger partial charge is 0.302 e. The molecule has 2 atom stereocenters. The van der Waals surface area contributed by atoms with Gasteiger partial charge in [0.1, 0.15) is 0 Å². The highest BCUT2D eigenvalue weighted by Crippen LogP contribution is 2.57. The lowest BCUT2D eigenvalue weighted by atomic mass is 9.94. The monoisotopic (exact) mass is 386 g/mol. The van der Waals surface area contributed by atoms with Gasteiger partial charge in [-0.1, -0.05) is 58.1 Å². The Morgan fingerprint density at radius 2 is 1.62 bits per heavy atom. The molecule has 0 amide bonds. The zero-order valence-corrected chi connectivity index (χ0v) is 16.8. The Kier molecular flexibility index (Phi) is 11.6. The Morgan fingerprint density at radius 3 is 2.17 bits per heavy atom. The standard InChI is InChI=1S/C15H32O7P2/c1-13(2)7-5-8-14(3)9-6-10-15(4)11-12-21-24(19,20)22-23(16,17)18/h11,13-14H,5-10,12H2,1-4H3,(H,19,20)(H2,16,17,18)/b15-11-/t14-/m1/s1. The second kappa shape index (κ2) is 11.6. The minimum absolute atomic E-state index is 0.233. The first-order valence-electron chi connectivity index (χ1n) is 8.31. The van der Waals surface area contributed by atoms with Crippen LogP contribution >= 0.6 is 15.6 Å². The first kappa shape index (κ1) is 24.0. The van der Waals surface area contributed by atoms with E-state index in [1.165, 1.54) is 19.3 Å². The lowest BCUT2D eigenvalue weighted by Crippen LogP contribution is -1.97. The van der Waals surface area contributed by atoms with Gasteiger partial charge < -0.3 is 14.7 Å². The Morgan fingerprint density at radius 1 is 1.04 bits per heavy atom. The zero-order chi connectivity index (χ0) is 18.8. The number of rotatable bonds is 13. The first-order valence-corrected chi connectivity index (χ1v) is 11.3. The summed E-state index contributed by atoms with van der Waals surface area (Å²) < 4.78 is 30.0. The molecule has 0 aliphatic carbocycles. The van der Waals surface area contributed by atoms with Crippen LogP contribution in [-0.2, 0) is 18.0 Å². The van der Waals surface area contributed by atoms with Crippen LogP contribution in [0.2, 0.25) is 0 Å². The molecule has 0 rings (SSSR count). The second-order valence-corrected chi connectivity index (χ2v) is 9.54. The predicted molar refractivity (Wildman–Crippen MR) is 94.4 cm³/mol. The molecule has 0 aromatic carbocycles. The van der Waals surface area contributed by atoms with Gasteiger partial charge in [0.25, 0.3) is 0 Å². The van der Waals surface area contributed by atoms with Crippen LogP contribution in [0.5, 0.6) is 0 Å². The highest BCUT2D eigenvalue weighted by atomic mass is 31.3. The molecule has 3 N–H and O–H groups in total. The minimum Gasteiger partial charge on any atom is -0.302 e. The van der Waals surface area contributed by atoms with Crippen LogP contribution in [0.1, 0.15) is 66.2 Å². The molecular formula is C15H32O7P2. The van der Waals surface area contributed by atoms with E-state index in [9.17, 15) is 9.13 Å². The van der Waals surface area contributed by atoms with Gasteiger partial charge in [-0.2, -0.15) is 4.31 Å². The summed E-state index contributed by atoms with van der Waals surface area (Å²) in [5, 5.41) is 0. The van der Waals surface area contributed by atoms with E-state index in [2.05, 4.69) is 29.6 Å². The molecule has 144 valence electrons. The topological polar surface area (TPSA) is 113 Å². The summed E-state index contributed by atoms with van der Waals surface area (Å²) in [5.41, 5.74) is 1.00. The van der Waals surface area contributed by atoms with Crippen LogP contribution in [0.15, 0.2) is 11.6 Å². The van der Waals surface area contributed by atoms with Crippen LogP contribution in [0.25, 0.3) is 0 Å². The van der Waals surface area contributed by atoms with Crippen molar-refractivity contribution >= 4 is 15.6 Å². The van der Waals surface area contributed by atoms with Crippen molar-refractivity contribution in [1.82, 2.24) is 0 Å². The van der Waals surface area contributed by atoms with E-state index in [0.717, 1.165) is 30.8 Å². The Balaban J connectivity index is 3.95. The molecule has 0 aromatic heterocycles. The molecule has 1 unspecified atom stereocenters. The Hall–Kier alpha value is -0.0000000000000000416. The van der Waals surface area contributed by atoms with Gasteiger partial charge in [-0.15, -0.1) is 0 Å². The third-order valence-corrected chi connectivity index (χ3v) is 5.78. The van der Waals surface area contributed by atoms with E-state index in [4.69, 9.17) is 14.7 Å².